The van der Waals surface area contributed by atoms with E-state index < -0.39 is 0 Å². The van der Waals surface area contributed by atoms with Crippen molar-refractivity contribution in [3.63, 3.8) is 0 Å². The van der Waals surface area contributed by atoms with E-state index in [0.29, 0.717) is 50.5 Å². The van der Waals surface area contributed by atoms with E-state index in [4.69, 9.17) is 14.7 Å². The summed E-state index contributed by atoms with van der Waals surface area (Å²) in [6, 6.07) is 11.2. The Balaban J connectivity index is 1.28. The molecule has 1 aliphatic carbocycles. The van der Waals surface area contributed by atoms with Gasteiger partial charge in [-0.1, -0.05) is 12.1 Å². The molecule has 0 unspecified atom stereocenters. The third-order valence-corrected chi connectivity index (χ3v) is 6.83. The highest BCUT2D eigenvalue weighted by atomic mass is 16.5. The Bertz CT molecular complexity index is 1330. The first-order valence-electron chi connectivity index (χ1n) is 12.3. The van der Waals surface area contributed by atoms with Crippen molar-refractivity contribution in [2.24, 2.45) is 0 Å². The van der Waals surface area contributed by atoms with Crippen LogP contribution in [0.25, 0.3) is 11.0 Å². The monoisotopic (exact) mass is 503 g/mol. The number of carbonyl (C=O) groups excluding carboxylic acids is 2. The molecule has 2 N–H and O–H groups in total. The third kappa shape index (κ3) is 5.40. The number of aromatic nitrogens is 3. The number of aromatic amines is 1. The average molecular weight is 504 g/mol. The Hall–Kier alpha value is -4.01. The normalized spacial score (nSPS) is 16.1. The molecule has 0 radical (unpaired) electrons. The molecule has 1 saturated heterocycles. The van der Waals surface area contributed by atoms with E-state index in [1.165, 1.54) is 0 Å². The second-order valence-corrected chi connectivity index (χ2v) is 9.38. The molecule has 5 rings (SSSR count). The topological polar surface area (TPSA) is 136 Å². The Morgan fingerprint density at radius 2 is 1.97 bits per heavy atom. The van der Waals surface area contributed by atoms with E-state index in [2.05, 4.69) is 31.2 Å². The molecule has 3 aromatic rings. The zero-order chi connectivity index (χ0) is 25.8. The van der Waals surface area contributed by atoms with Gasteiger partial charge in [0.2, 0.25) is 11.9 Å². The highest BCUT2D eigenvalue weighted by Crippen LogP contribution is 2.45. The zero-order valence-electron chi connectivity index (χ0n) is 20.7. The summed E-state index contributed by atoms with van der Waals surface area (Å²) in [6.07, 6.45) is 3.98. The fourth-order valence-electron chi connectivity index (χ4n) is 4.78. The summed E-state index contributed by atoms with van der Waals surface area (Å²) in [7, 11) is 1.57. The van der Waals surface area contributed by atoms with Crippen molar-refractivity contribution in [3.05, 3.63) is 47.7 Å². The van der Waals surface area contributed by atoms with E-state index in [0.717, 1.165) is 29.6 Å². The van der Waals surface area contributed by atoms with Gasteiger partial charge in [-0.15, -0.1) is 0 Å². The zero-order valence-corrected chi connectivity index (χ0v) is 20.7. The highest BCUT2D eigenvalue weighted by molar-refractivity contribution is 5.93. The van der Waals surface area contributed by atoms with Gasteiger partial charge in [-0.3, -0.25) is 14.9 Å². The molecule has 11 nitrogen and oxygen atoms in total. The molecule has 0 atom stereocenters. The number of nitrogens with one attached hydrogen (secondary N) is 2. The summed E-state index contributed by atoms with van der Waals surface area (Å²) < 4.78 is 10.2. The highest BCUT2D eigenvalue weighted by Gasteiger charge is 2.53. The van der Waals surface area contributed by atoms with Crippen LogP contribution in [0.4, 0.5) is 11.8 Å². The van der Waals surface area contributed by atoms with Crippen molar-refractivity contribution in [1.82, 2.24) is 19.9 Å². The van der Waals surface area contributed by atoms with E-state index in [9.17, 15) is 9.59 Å². The number of nitrogens with zero attached hydrogens (tertiary/aromatic N) is 5. The molecule has 1 aliphatic heterocycles. The van der Waals surface area contributed by atoms with Gasteiger partial charge in [0.15, 0.2) is 0 Å². The van der Waals surface area contributed by atoms with Crippen molar-refractivity contribution >= 4 is 34.6 Å². The van der Waals surface area contributed by atoms with Gasteiger partial charge in [0.1, 0.15) is 18.1 Å². The lowest BCUT2D eigenvalue weighted by Gasteiger charge is -2.43. The van der Waals surface area contributed by atoms with Gasteiger partial charge in [-0.25, -0.2) is 0 Å². The lowest BCUT2D eigenvalue weighted by atomic mass is 10.1. The van der Waals surface area contributed by atoms with Gasteiger partial charge in [0, 0.05) is 32.9 Å². The Morgan fingerprint density at radius 3 is 2.70 bits per heavy atom. The largest absolute Gasteiger partial charge is 0.382 e. The van der Waals surface area contributed by atoms with E-state index in [1.807, 2.05) is 23.1 Å². The average Bonchev–Trinajstić information content (AvgIpc) is 3.49. The number of anilines is 2. The standard InChI is InChI=1S/C26H29N7O4/c1-36-12-13-37-16-21(34)29-25-30-23-20(6-9-28-23)24(31-25)32-10-11-33(26(17-32)7-8-26)22(35)14-18-2-4-19(15-27)5-3-18/h2-6,9H,7-8,10-14,16-17H2,1H3,(H2,28,29,30,31,34). The lowest BCUT2D eigenvalue weighted by Crippen LogP contribution is -2.57. The molecule has 192 valence electrons. The smallest absolute Gasteiger partial charge is 0.252 e. The number of ether oxygens (including phenoxy) is 2. The predicted octanol–water partition coefficient (Wildman–Crippen LogP) is 1.85. The first kappa shape index (κ1) is 24.7. The molecule has 2 aliphatic rings. The Kier molecular flexibility index (Phi) is 7.03. The molecule has 2 aromatic heterocycles. The maximum atomic E-state index is 13.2. The minimum absolute atomic E-state index is 0.0951. The maximum Gasteiger partial charge on any atom is 0.252 e. The van der Waals surface area contributed by atoms with E-state index in [-0.39, 0.29) is 29.9 Å². The molecular formula is C26H29N7O4. The molecule has 37 heavy (non-hydrogen) atoms. The summed E-state index contributed by atoms with van der Waals surface area (Å²) in [5.74, 6) is 0.685. The molecule has 1 saturated carbocycles. The second-order valence-electron chi connectivity index (χ2n) is 9.38. The van der Waals surface area contributed by atoms with Crippen LogP contribution in [0.2, 0.25) is 0 Å². The minimum Gasteiger partial charge on any atom is -0.382 e. The van der Waals surface area contributed by atoms with Crippen LogP contribution in [0.5, 0.6) is 0 Å². The van der Waals surface area contributed by atoms with Crippen molar-refractivity contribution < 1.29 is 19.1 Å². The quantitative estimate of drug-likeness (QED) is 0.422. The number of rotatable bonds is 9. The van der Waals surface area contributed by atoms with Gasteiger partial charge < -0.3 is 24.3 Å². The number of amides is 2. The Labute approximate surface area is 214 Å². The van der Waals surface area contributed by atoms with Crippen LogP contribution in [-0.4, -0.2) is 83.8 Å². The molecule has 2 fully saturated rings. The first-order valence-corrected chi connectivity index (χ1v) is 12.3. The fourth-order valence-corrected chi connectivity index (χ4v) is 4.78. The van der Waals surface area contributed by atoms with Crippen LogP contribution in [0.1, 0.15) is 24.0 Å². The van der Waals surface area contributed by atoms with Crippen LogP contribution in [-0.2, 0) is 25.5 Å². The van der Waals surface area contributed by atoms with Crippen LogP contribution in [0, 0.1) is 11.3 Å². The number of H-pyrrole nitrogens is 1. The summed E-state index contributed by atoms with van der Waals surface area (Å²) in [4.78, 5) is 42.0. The first-order chi connectivity index (χ1) is 18.0. The SMILES string of the molecule is COCCOCC(=O)Nc1nc(N2CCN(C(=O)Cc3ccc(C#N)cc3)C3(CC3)C2)c2cc[nH]c2n1. The number of nitriles is 1. The maximum absolute atomic E-state index is 13.2. The molecule has 2 amide bonds. The van der Waals surface area contributed by atoms with E-state index >= 15 is 0 Å². The minimum atomic E-state index is -0.343. The van der Waals surface area contributed by atoms with Crippen molar-refractivity contribution in [1.29, 1.82) is 5.26 Å². The second kappa shape index (κ2) is 10.5. The molecule has 11 heteroatoms. The summed E-state index contributed by atoms with van der Waals surface area (Å²) in [6.45, 7) is 2.48. The summed E-state index contributed by atoms with van der Waals surface area (Å²) >= 11 is 0. The number of benzene rings is 1. The fraction of sp³-hybridized carbons (Fsp3) is 0.423. The van der Waals surface area contributed by atoms with Crippen molar-refractivity contribution in [2.45, 2.75) is 24.8 Å². The number of hydrogen-bond acceptors (Lipinski definition) is 8. The van der Waals surface area contributed by atoms with Gasteiger partial charge in [0.05, 0.1) is 42.2 Å². The molecular weight excluding hydrogens is 474 g/mol. The number of carbonyl (C=O) groups is 2. The lowest BCUT2D eigenvalue weighted by molar-refractivity contribution is -0.134. The summed E-state index contributed by atoms with van der Waals surface area (Å²) in [5, 5.41) is 12.6. The van der Waals surface area contributed by atoms with Crippen LogP contribution < -0.4 is 10.2 Å². The summed E-state index contributed by atoms with van der Waals surface area (Å²) in [5.41, 5.74) is 1.90. The molecule has 1 aromatic carbocycles. The van der Waals surface area contributed by atoms with Crippen LogP contribution in [0.3, 0.4) is 0 Å². The van der Waals surface area contributed by atoms with Crippen molar-refractivity contribution in [2.75, 3.05) is 56.8 Å². The number of piperazine rings is 1. The van der Waals surface area contributed by atoms with Gasteiger partial charge in [0.25, 0.3) is 5.91 Å². The number of hydrogen-bond donors (Lipinski definition) is 2. The van der Waals surface area contributed by atoms with Crippen LogP contribution >= 0.6 is 0 Å². The molecule has 3 heterocycles. The Morgan fingerprint density at radius 1 is 1.16 bits per heavy atom. The van der Waals surface area contributed by atoms with Gasteiger partial charge in [-0.2, -0.15) is 15.2 Å². The van der Waals surface area contributed by atoms with Gasteiger partial charge in [-0.05, 0) is 36.6 Å². The van der Waals surface area contributed by atoms with Crippen molar-refractivity contribution in [3.8, 4) is 6.07 Å². The number of fused-ring (bicyclic) bond motifs is 1. The van der Waals surface area contributed by atoms with E-state index in [1.54, 1.807) is 25.4 Å². The third-order valence-electron chi connectivity index (χ3n) is 6.83. The molecule has 1 spiro atoms. The number of methoxy groups -OCH3 is 1. The predicted molar refractivity (Wildman–Crippen MR) is 136 cm³/mol. The molecule has 0 bridgehead atoms. The van der Waals surface area contributed by atoms with Gasteiger partial charge >= 0.3 is 0 Å². The van der Waals surface area contributed by atoms with Crippen LogP contribution in [0.15, 0.2) is 36.5 Å².